The Morgan fingerprint density at radius 2 is 1.77 bits per heavy atom. The van der Waals surface area contributed by atoms with E-state index in [9.17, 15) is 4.39 Å². The molecule has 2 aromatic heterocycles. The fourth-order valence-electron chi connectivity index (χ4n) is 4.66. The number of halogens is 1. The zero-order valence-electron chi connectivity index (χ0n) is 23.0. The Morgan fingerprint density at radius 1 is 1.05 bits per heavy atom. The topological polar surface area (TPSA) is 109 Å². The highest BCUT2D eigenvalue weighted by Crippen LogP contribution is 2.39. The maximum absolute atomic E-state index is 13.4. The molecule has 0 bridgehead atoms. The van der Waals surface area contributed by atoms with Gasteiger partial charge in [0.2, 0.25) is 11.9 Å². The number of hydrogen-bond acceptors (Lipinski definition) is 11. The molecule has 11 nitrogen and oxygen atoms in total. The van der Waals surface area contributed by atoms with Gasteiger partial charge in [-0.15, -0.1) is 10.2 Å². The van der Waals surface area contributed by atoms with E-state index in [2.05, 4.69) is 24.9 Å². The summed E-state index contributed by atoms with van der Waals surface area (Å²) in [6.07, 6.45) is 4.76. The van der Waals surface area contributed by atoms with Crippen molar-refractivity contribution in [1.82, 2.24) is 24.7 Å². The van der Waals surface area contributed by atoms with E-state index in [1.165, 1.54) is 24.3 Å². The van der Waals surface area contributed by atoms with Crippen LogP contribution in [0.2, 0.25) is 0 Å². The minimum atomic E-state index is -0.468. The predicted molar refractivity (Wildman–Crippen MR) is 148 cm³/mol. The molecule has 3 atom stereocenters. The number of benzene rings is 1. The molecule has 3 unspecified atom stereocenters. The monoisotopic (exact) mass is 561 g/mol. The van der Waals surface area contributed by atoms with Gasteiger partial charge in [0, 0.05) is 32.1 Å². The van der Waals surface area contributed by atoms with Crippen LogP contribution in [-0.4, -0.2) is 77.1 Å². The second-order valence-corrected chi connectivity index (χ2v) is 9.88. The number of ether oxygens (including phenoxy) is 4. The Bertz CT molecular complexity index is 1170. The van der Waals surface area contributed by atoms with E-state index in [1.54, 1.807) is 21.3 Å². The Labute approximate surface area is 232 Å². The maximum atomic E-state index is 13.4. The largest absolute Gasteiger partial charge is 0.494 e. The molecule has 2 aliphatic heterocycles. The number of aromatic nitrogens is 5. The Kier molecular flexibility index (Phi) is 10.2. The van der Waals surface area contributed by atoms with Gasteiger partial charge >= 0.3 is 0 Å². The van der Waals surface area contributed by atoms with Gasteiger partial charge in [-0.2, -0.15) is 0 Å². The smallest absolute Gasteiger partial charge is 0.239 e. The molecular weight excluding hydrogens is 525 g/mol. The molecule has 0 amide bonds. The molecule has 2 aliphatic rings. The first-order valence-corrected chi connectivity index (χ1v) is 13.9. The molecule has 2 fully saturated rings. The molecule has 39 heavy (non-hydrogen) atoms. The van der Waals surface area contributed by atoms with Crippen LogP contribution in [0.15, 0.2) is 30.6 Å². The summed E-state index contributed by atoms with van der Waals surface area (Å²) in [5.74, 6) is 2.47. The van der Waals surface area contributed by atoms with Crippen molar-refractivity contribution in [3.8, 4) is 17.2 Å². The van der Waals surface area contributed by atoms with Gasteiger partial charge < -0.3 is 23.8 Å². The molecule has 1 aromatic carbocycles. The van der Waals surface area contributed by atoms with Crippen LogP contribution in [0, 0.1) is 5.82 Å². The van der Waals surface area contributed by atoms with E-state index >= 15 is 0 Å². The summed E-state index contributed by atoms with van der Waals surface area (Å²) in [5, 5.41) is 9.08. The van der Waals surface area contributed by atoms with Crippen molar-refractivity contribution in [3.05, 3.63) is 42.2 Å². The summed E-state index contributed by atoms with van der Waals surface area (Å²) in [6, 6.07) is 5.62. The summed E-state index contributed by atoms with van der Waals surface area (Å²) in [5.41, 5.74) is 0.700. The fourth-order valence-corrected chi connectivity index (χ4v) is 5.63. The lowest BCUT2D eigenvalue weighted by molar-refractivity contribution is 0.0907. The van der Waals surface area contributed by atoms with Gasteiger partial charge in [0.1, 0.15) is 23.3 Å². The number of nitrogens with one attached hydrogen (secondary N) is 1. The van der Waals surface area contributed by atoms with Gasteiger partial charge in [0.25, 0.3) is 0 Å². The number of methoxy groups -OCH3 is 3. The van der Waals surface area contributed by atoms with Crippen LogP contribution in [0.1, 0.15) is 45.0 Å². The molecule has 212 valence electrons. The maximum Gasteiger partial charge on any atom is 0.239 e. The van der Waals surface area contributed by atoms with E-state index in [1.807, 2.05) is 41.5 Å². The van der Waals surface area contributed by atoms with Crippen LogP contribution in [0.3, 0.4) is 0 Å². The molecule has 0 saturated carbocycles. The first-order valence-electron chi connectivity index (χ1n) is 13.1. The third-order valence-electron chi connectivity index (χ3n) is 6.44. The summed E-state index contributed by atoms with van der Waals surface area (Å²) in [7, 11) is 4.93. The van der Waals surface area contributed by atoms with Gasteiger partial charge in [0.15, 0.2) is 11.6 Å². The first-order chi connectivity index (χ1) is 19.1. The third kappa shape index (κ3) is 6.53. The van der Waals surface area contributed by atoms with Crippen LogP contribution in [-0.2, 0) is 9.47 Å². The van der Waals surface area contributed by atoms with Gasteiger partial charge in [-0.05, 0) is 43.3 Å². The Morgan fingerprint density at radius 3 is 2.38 bits per heavy atom. The van der Waals surface area contributed by atoms with E-state index in [4.69, 9.17) is 18.9 Å². The van der Waals surface area contributed by atoms with Crippen LogP contribution in [0.5, 0.6) is 11.5 Å². The molecule has 2 saturated heterocycles. The highest BCUT2D eigenvalue weighted by molar-refractivity contribution is 8.01. The minimum absolute atomic E-state index is 0.0312. The van der Waals surface area contributed by atoms with Gasteiger partial charge in [-0.3, -0.25) is 9.29 Å². The summed E-state index contributed by atoms with van der Waals surface area (Å²) in [4.78, 5) is 10.3. The lowest BCUT2D eigenvalue weighted by Crippen LogP contribution is -2.46. The van der Waals surface area contributed by atoms with Crippen molar-refractivity contribution in [2.24, 2.45) is 0 Å². The van der Waals surface area contributed by atoms with Gasteiger partial charge in [-0.25, -0.2) is 14.4 Å². The lowest BCUT2D eigenvalue weighted by Gasteiger charge is -2.36. The summed E-state index contributed by atoms with van der Waals surface area (Å²) >= 11 is 1.52. The molecule has 0 radical (unpaired) electrons. The first kappa shape index (κ1) is 28.8. The molecule has 0 spiro atoms. The number of anilines is 2. The lowest BCUT2D eigenvalue weighted by atomic mass is 10.1. The van der Waals surface area contributed by atoms with Crippen molar-refractivity contribution < 1.29 is 23.3 Å². The van der Waals surface area contributed by atoms with Crippen molar-refractivity contribution in [2.45, 2.75) is 50.6 Å². The molecule has 4 heterocycles. The summed E-state index contributed by atoms with van der Waals surface area (Å²) < 4.78 is 41.7. The van der Waals surface area contributed by atoms with Crippen molar-refractivity contribution in [2.75, 3.05) is 50.6 Å². The predicted octanol–water partition coefficient (Wildman–Crippen LogP) is 4.45. The van der Waals surface area contributed by atoms with E-state index in [-0.39, 0.29) is 17.5 Å². The average molecular weight is 562 g/mol. The van der Waals surface area contributed by atoms with Gasteiger partial charge in [-0.1, -0.05) is 19.9 Å². The van der Waals surface area contributed by atoms with Crippen LogP contribution < -0.4 is 19.1 Å². The second kappa shape index (κ2) is 13.8. The zero-order chi connectivity index (χ0) is 27.8. The zero-order valence-corrected chi connectivity index (χ0v) is 23.8. The highest BCUT2D eigenvalue weighted by Gasteiger charge is 2.32. The average Bonchev–Trinajstić information content (AvgIpc) is 3.67. The van der Waals surface area contributed by atoms with Gasteiger partial charge in [0.05, 0.1) is 32.7 Å². The van der Waals surface area contributed by atoms with E-state index in [0.29, 0.717) is 54.6 Å². The molecule has 13 heteroatoms. The Balaban J connectivity index is 0.00000172. The van der Waals surface area contributed by atoms with Crippen molar-refractivity contribution in [3.63, 3.8) is 0 Å². The normalized spacial score (nSPS) is 20.8. The van der Waals surface area contributed by atoms with Crippen LogP contribution >= 0.6 is 11.9 Å². The number of hydrogen-bond donors (Lipinski definition) is 1. The number of piperidine rings is 1. The van der Waals surface area contributed by atoms with Crippen molar-refractivity contribution >= 4 is 23.8 Å². The van der Waals surface area contributed by atoms with Crippen LogP contribution in [0.4, 0.5) is 16.3 Å². The van der Waals surface area contributed by atoms with E-state index in [0.717, 1.165) is 19.3 Å². The van der Waals surface area contributed by atoms with E-state index < -0.39 is 5.82 Å². The molecule has 1 N–H and O–H groups in total. The second-order valence-electron chi connectivity index (χ2n) is 8.77. The molecule has 5 rings (SSSR count). The number of nitrogens with zero attached hydrogens (tertiary/aromatic N) is 6. The standard InChI is InChI=1S/C24H30FN7O4S.C2H6/c1-33-16-10-17(14-31(13-16)23-26-11-15(25)12-27-23)37-30-24-29-28-22(20-8-5-9-36-20)32(24)21-18(34-2)6-4-7-19(21)35-3;1-2/h4,6-7,11-12,16-17,20H,5,8-10,13-14H2,1-3H3,(H,29,30);1-2H3. The molecular formula is C26H36FN7O4S. The quantitative estimate of drug-likeness (QED) is 0.375. The Hall–Kier alpha value is -3.16. The number of para-hydroxylation sites is 1. The fraction of sp³-hybridized carbons (Fsp3) is 0.538. The highest BCUT2D eigenvalue weighted by atomic mass is 32.2. The summed E-state index contributed by atoms with van der Waals surface area (Å²) in [6.45, 7) is 5.95. The molecule has 0 aliphatic carbocycles. The van der Waals surface area contributed by atoms with Crippen molar-refractivity contribution in [1.29, 1.82) is 0 Å². The minimum Gasteiger partial charge on any atom is -0.494 e. The number of rotatable bonds is 9. The third-order valence-corrected chi connectivity index (χ3v) is 7.42. The van der Waals surface area contributed by atoms with Crippen LogP contribution in [0.25, 0.3) is 5.69 Å². The molecule has 3 aromatic rings. The SMILES string of the molecule is CC.COc1cccc(OC)c1-n1c(NSC2CC(OC)CN(c3ncc(F)cn3)C2)nnc1C1CCCO1.